The first-order valence-electron chi connectivity index (χ1n) is 9.05. The van der Waals surface area contributed by atoms with Crippen LogP contribution in [0.25, 0.3) is 27.7 Å². The summed E-state index contributed by atoms with van der Waals surface area (Å²) in [5.74, 6) is 0.319. The molecule has 0 aliphatic heterocycles. The third kappa shape index (κ3) is 3.36. The Morgan fingerprint density at radius 1 is 1.14 bits per heavy atom. The zero-order valence-corrected chi connectivity index (χ0v) is 15.9. The molecule has 8 heteroatoms. The number of aryl methyl sites for hydroxylation is 1. The van der Waals surface area contributed by atoms with Gasteiger partial charge in [0, 0.05) is 18.8 Å². The van der Waals surface area contributed by atoms with Gasteiger partial charge in [-0.3, -0.25) is 14.0 Å². The molecule has 1 amide bonds. The van der Waals surface area contributed by atoms with Crippen LogP contribution in [-0.2, 0) is 7.05 Å². The standard InChI is InChI=1S/C21H19N5O3/c1-13(23-21(28)29)19-24-17-10-6-9-16(14-11-22-25(2)12-14)18(17)20(27)26(19)15-7-4-3-5-8-15/h3-13,23H,1-2H3,(H,28,29). The second kappa shape index (κ2) is 7.23. The molecule has 4 aromatic rings. The Hall–Kier alpha value is -3.94. The molecule has 0 saturated carbocycles. The van der Waals surface area contributed by atoms with E-state index in [9.17, 15) is 9.59 Å². The van der Waals surface area contributed by atoms with Gasteiger partial charge in [0.1, 0.15) is 5.82 Å². The second-order valence-electron chi connectivity index (χ2n) is 6.72. The van der Waals surface area contributed by atoms with Crippen LogP contribution in [0.4, 0.5) is 4.79 Å². The Kier molecular flexibility index (Phi) is 4.59. The highest BCUT2D eigenvalue weighted by atomic mass is 16.4. The van der Waals surface area contributed by atoms with E-state index in [1.807, 2.05) is 43.6 Å². The highest BCUT2D eigenvalue weighted by molar-refractivity contribution is 5.94. The predicted molar refractivity (Wildman–Crippen MR) is 109 cm³/mol. The van der Waals surface area contributed by atoms with Crippen molar-refractivity contribution in [3.8, 4) is 16.8 Å². The van der Waals surface area contributed by atoms with Gasteiger partial charge in [0.05, 0.1) is 28.8 Å². The molecule has 0 aliphatic carbocycles. The number of rotatable bonds is 4. The quantitative estimate of drug-likeness (QED) is 0.558. The number of nitrogens with zero attached hydrogens (tertiary/aromatic N) is 4. The number of carbonyl (C=O) groups is 1. The lowest BCUT2D eigenvalue weighted by molar-refractivity contribution is 0.190. The fraction of sp³-hybridized carbons (Fsp3) is 0.143. The zero-order chi connectivity index (χ0) is 20.5. The SMILES string of the molecule is CC(NC(=O)O)c1nc2cccc(-c3cnn(C)c3)c2c(=O)n1-c1ccccc1. The minimum atomic E-state index is -1.18. The Balaban J connectivity index is 2.06. The number of carboxylic acid groups (broad SMARTS) is 1. The highest BCUT2D eigenvalue weighted by Gasteiger charge is 2.21. The fourth-order valence-corrected chi connectivity index (χ4v) is 3.42. The van der Waals surface area contributed by atoms with Gasteiger partial charge in [-0.15, -0.1) is 0 Å². The van der Waals surface area contributed by atoms with Gasteiger partial charge in [0.2, 0.25) is 0 Å². The molecular weight excluding hydrogens is 370 g/mol. The van der Waals surface area contributed by atoms with Crippen molar-refractivity contribution < 1.29 is 9.90 Å². The summed E-state index contributed by atoms with van der Waals surface area (Å²) in [7, 11) is 1.81. The normalized spacial score (nSPS) is 12.1. The molecule has 2 heterocycles. The van der Waals surface area contributed by atoms with Gasteiger partial charge in [-0.05, 0) is 30.7 Å². The molecule has 8 nitrogen and oxygen atoms in total. The topological polar surface area (TPSA) is 102 Å². The van der Waals surface area contributed by atoms with E-state index in [0.717, 1.165) is 11.1 Å². The first-order valence-corrected chi connectivity index (χ1v) is 9.05. The zero-order valence-electron chi connectivity index (χ0n) is 15.9. The van der Waals surface area contributed by atoms with Gasteiger partial charge in [0.25, 0.3) is 5.56 Å². The van der Waals surface area contributed by atoms with Crippen molar-refractivity contribution >= 4 is 17.0 Å². The van der Waals surface area contributed by atoms with Crippen molar-refractivity contribution in [3.05, 3.63) is 77.1 Å². The molecule has 0 spiro atoms. The van der Waals surface area contributed by atoms with Crippen molar-refractivity contribution in [3.63, 3.8) is 0 Å². The maximum absolute atomic E-state index is 13.7. The third-order valence-electron chi connectivity index (χ3n) is 4.68. The van der Waals surface area contributed by atoms with Crippen LogP contribution < -0.4 is 10.9 Å². The molecule has 1 unspecified atom stereocenters. The maximum Gasteiger partial charge on any atom is 0.405 e. The Morgan fingerprint density at radius 2 is 1.90 bits per heavy atom. The number of benzene rings is 2. The number of fused-ring (bicyclic) bond motifs is 1. The predicted octanol–water partition coefficient (Wildman–Crippen LogP) is 3.11. The second-order valence-corrected chi connectivity index (χ2v) is 6.72. The van der Waals surface area contributed by atoms with Crippen molar-refractivity contribution in [1.82, 2.24) is 24.6 Å². The number of hydrogen-bond acceptors (Lipinski definition) is 4. The summed E-state index contributed by atoms with van der Waals surface area (Å²) in [5.41, 5.74) is 2.37. The van der Waals surface area contributed by atoms with Gasteiger partial charge in [0.15, 0.2) is 0 Å². The van der Waals surface area contributed by atoms with Crippen molar-refractivity contribution in [2.45, 2.75) is 13.0 Å². The summed E-state index contributed by atoms with van der Waals surface area (Å²) in [6, 6.07) is 13.8. The number of amides is 1. The molecule has 0 fully saturated rings. The maximum atomic E-state index is 13.7. The van der Waals surface area contributed by atoms with Crippen LogP contribution in [0.2, 0.25) is 0 Å². The molecule has 4 rings (SSSR count). The lowest BCUT2D eigenvalue weighted by atomic mass is 10.0. The summed E-state index contributed by atoms with van der Waals surface area (Å²) in [6.45, 7) is 1.66. The minimum Gasteiger partial charge on any atom is -0.465 e. The third-order valence-corrected chi connectivity index (χ3v) is 4.68. The van der Waals surface area contributed by atoms with Gasteiger partial charge in [-0.25, -0.2) is 9.78 Å². The summed E-state index contributed by atoms with van der Waals surface area (Å²) >= 11 is 0. The summed E-state index contributed by atoms with van der Waals surface area (Å²) < 4.78 is 3.13. The number of nitrogens with one attached hydrogen (secondary N) is 1. The molecule has 29 heavy (non-hydrogen) atoms. The molecule has 1 atom stereocenters. The summed E-state index contributed by atoms with van der Waals surface area (Å²) in [4.78, 5) is 29.5. The van der Waals surface area contributed by atoms with E-state index in [4.69, 9.17) is 5.11 Å². The van der Waals surface area contributed by atoms with Crippen molar-refractivity contribution in [2.75, 3.05) is 0 Å². The first-order chi connectivity index (χ1) is 14.0. The smallest absolute Gasteiger partial charge is 0.405 e. The average molecular weight is 389 g/mol. The van der Waals surface area contributed by atoms with E-state index in [-0.39, 0.29) is 5.56 Å². The van der Waals surface area contributed by atoms with E-state index in [1.54, 1.807) is 36.0 Å². The molecule has 0 radical (unpaired) electrons. The lowest BCUT2D eigenvalue weighted by Gasteiger charge is -2.19. The van der Waals surface area contributed by atoms with Crippen LogP contribution in [0.1, 0.15) is 18.8 Å². The average Bonchev–Trinajstić information content (AvgIpc) is 3.13. The highest BCUT2D eigenvalue weighted by Crippen LogP contribution is 2.27. The molecule has 146 valence electrons. The van der Waals surface area contributed by atoms with Crippen LogP contribution in [0, 0.1) is 0 Å². The summed E-state index contributed by atoms with van der Waals surface area (Å²) in [5, 5.41) is 16.2. The molecule has 2 N–H and O–H groups in total. The van der Waals surface area contributed by atoms with E-state index < -0.39 is 12.1 Å². The van der Waals surface area contributed by atoms with Gasteiger partial charge in [-0.1, -0.05) is 30.3 Å². The Labute approximate surface area is 166 Å². The number of hydrogen-bond donors (Lipinski definition) is 2. The van der Waals surface area contributed by atoms with Crippen LogP contribution in [0.5, 0.6) is 0 Å². The van der Waals surface area contributed by atoms with E-state index >= 15 is 0 Å². The molecule has 0 bridgehead atoms. The molecule has 2 aromatic carbocycles. The first kappa shape index (κ1) is 18.4. The molecule has 0 saturated heterocycles. The van der Waals surface area contributed by atoms with E-state index in [0.29, 0.717) is 22.4 Å². The molecule has 2 aromatic heterocycles. The van der Waals surface area contributed by atoms with Crippen LogP contribution in [-0.4, -0.2) is 30.5 Å². The largest absolute Gasteiger partial charge is 0.465 e. The Morgan fingerprint density at radius 3 is 2.55 bits per heavy atom. The Bertz CT molecular complexity index is 1260. The molecular formula is C21H19N5O3. The minimum absolute atomic E-state index is 0.269. The van der Waals surface area contributed by atoms with E-state index in [2.05, 4.69) is 15.4 Å². The van der Waals surface area contributed by atoms with Gasteiger partial charge in [-0.2, -0.15) is 5.10 Å². The lowest BCUT2D eigenvalue weighted by Crippen LogP contribution is -2.32. The monoisotopic (exact) mass is 389 g/mol. The van der Waals surface area contributed by atoms with E-state index in [1.165, 1.54) is 4.57 Å². The van der Waals surface area contributed by atoms with Crippen molar-refractivity contribution in [1.29, 1.82) is 0 Å². The fourth-order valence-electron chi connectivity index (χ4n) is 3.42. The van der Waals surface area contributed by atoms with Crippen LogP contribution >= 0.6 is 0 Å². The summed E-state index contributed by atoms with van der Waals surface area (Å²) in [6.07, 6.45) is 2.35. The molecule has 0 aliphatic rings. The number of aromatic nitrogens is 4. The van der Waals surface area contributed by atoms with Crippen molar-refractivity contribution in [2.24, 2.45) is 7.05 Å². The van der Waals surface area contributed by atoms with Crippen LogP contribution in [0.15, 0.2) is 65.7 Å². The van der Waals surface area contributed by atoms with Crippen LogP contribution in [0.3, 0.4) is 0 Å². The van der Waals surface area contributed by atoms with Gasteiger partial charge >= 0.3 is 6.09 Å². The van der Waals surface area contributed by atoms with Gasteiger partial charge < -0.3 is 10.4 Å². The number of para-hydroxylation sites is 1.